The Morgan fingerprint density at radius 3 is 2.83 bits per heavy atom. The van der Waals surface area contributed by atoms with Crippen molar-refractivity contribution < 1.29 is 14.7 Å². The van der Waals surface area contributed by atoms with Crippen molar-refractivity contribution in [1.29, 1.82) is 0 Å². The number of carboxylic acid groups (broad SMARTS) is 1. The number of amides is 1. The second-order valence-corrected chi connectivity index (χ2v) is 5.22. The molecule has 7 heteroatoms. The van der Waals surface area contributed by atoms with Crippen LogP contribution in [0.3, 0.4) is 0 Å². The van der Waals surface area contributed by atoms with Gasteiger partial charge in [-0.2, -0.15) is 11.8 Å². The minimum Gasteiger partial charge on any atom is -0.480 e. The molecule has 4 nitrogen and oxygen atoms in total. The second kappa shape index (κ2) is 7.51. The van der Waals surface area contributed by atoms with Gasteiger partial charge in [0.25, 0.3) is 0 Å². The highest BCUT2D eigenvalue weighted by molar-refractivity contribution is 7.98. The van der Waals surface area contributed by atoms with Crippen LogP contribution in [0.5, 0.6) is 0 Å². The molecule has 0 spiro atoms. The van der Waals surface area contributed by atoms with Gasteiger partial charge in [0.15, 0.2) is 0 Å². The van der Waals surface area contributed by atoms with Crippen LogP contribution < -0.4 is 5.32 Å². The third-order valence-corrected chi connectivity index (χ3v) is 4.08. The van der Waals surface area contributed by atoms with Crippen molar-refractivity contribution in [3.63, 3.8) is 0 Å². The van der Waals surface area contributed by atoms with E-state index >= 15 is 0 Å². The minimum atomic E-state index is -1.06. The van der Waals surface area contributed by atoms with E-state index in [0.29, 0.717) is 22.2 Å². The molecule has 1 unspecified atom stereocenters. The lowest BCUT2D eigenvalue weighted by molar-refractivity contribution is -0.139. The number of hydrogen-bond acceptors (Lipinski definition) is 3. The maximum absolute atomic E-state index is 10.8. The summed E-state index contributed by atoms with van der Waals surface area (Å²) in [5.41, 5.74) is 0.837. The van der Waals surface area contributed by atoms with E-state index in [9.17, 15) is 9.59 Å². The summed E-state index contributed by atoms with van der Waals surface area (Å²) in [6, 6.07) is 4.39. The van der Waals surface area contributed by atoms with Gasteiger partial charge in [0.2, 0.25) is 6.41 Å². The van der Waals surface area contributed by atoms with E-state index in [4.69, 9.17) is 28.3 Å². The standard InChI is InChI=1S/C11H11Cl2NO3S/c12-8-3-1-2-7(10(8)13)4-18-5-9(11(16)17)14-6-15/h1-3,6,9H,4-5H2,(H,14,15)(H,16,17). The molecule has 0 aliphatic heterocycles. The van der Waals surface area contributed by atoms with Gasteiger partial charge < -0.3 is 10.4 Å². The lowest BCUT2D eigenvalue weighted by atomic mass is 10.2. The maximum Gasteiger partial charge on any atom is 0.327 e. The number of rotatable bonds is 7. The summed E-state index contributed by atoms with van der Waals surface area (Å²) in [6.07, 6.45) is 0.381. The predicted molar refractivity (Wildman–Crippen MR) is 73.2 cm³/mol. The monoisotopic (exact) mass is 307 g/mol. The first-order valence-electron chi connectivity index (χ1n) is 4.99. The Bertz CT molecular complexity index is 442. The zero-order chi connectivity index (χ0) is 13.5. The molecule has 0 radical (unpaired) electrons. The number of carboxylic acids is 1. The van der Waals surface area contributed by atoms with Gasteiger partial charge in [-0.15, -0.1) is 0 Å². The van der Waals surface area contributed by atoms with Crippen LogP contribution in [0.1, 0.15) is 5.56 Å². The summed E-state index contributed by atoms with van der Waals surface area (Å²) in [6.45, 7) is 0. The lowest BCUT2D eigenvalue weighted by Gasteiger charge is -2.11. The number of halogens is 2. The van der Waals surface area contributed by atoms with Crippen LogP contribution in [0.4, 0.5) is 0 Å². The fourth-order valence-electron chi connectivity index (χ4n) is 1.22. The van der Waals surface area contributed by atoms with Crippen LogP contribution in [-0.4, -0.2) is 29.3 Å². The summed E-state index contributed by atoms with van der Waals surface area (Å²) in [4.78, 5) is 21.0. The zero-order valence-electron chi connectivity index (χ0n) is 9.23. The Kier molecular flexibility index (Phi) is 6.32. The predicted octanol–water partition coefficient (Wildman–Crippen LogP) is 2.43. The average Bonchev–Trinajstić information content (AvgIpc) is 2.33. The van der Waals surface area contributed by atoms with E-state index in [1.807, 2.05) is 6.07 Å². The van der Waals surface area contributed by atoms with Gasteiger partial charge in [-0.25, -0.2) is 4.79 Å². The zero-order valence-corrected chi connectivity index (χ0v) is 11.6. The highest BCUT2D eigenvalue weighted by Gasteiger charge is 2.16. The molecule has 2 N–H and O–H groups in total. The van der Waals surface area contributed by atoms with Crippen LogP contribution in [0.2, 0.25) is 10.0 Å². The molecule has 0 saturated carbocycles. The lowest BCUT2D eigenvalue weighted by Crippen LogP contribution is -2.37. The number of carbonyl (C=O) groups excluding carboxylic acids is 1. The van der Waals surface area contributed by atoms with Crippen molar-refractivity contribution in [2.45, 2.75) is 11.8 Å². The molecule has 0 saturated heterocycles. The Morgan fingerprint density at radius 2 is 2.22 bits per heavy atom. The second-order valence-electron chi connectivity index (χ2n) is 3.40. The van der Waals surface area contributed by atoms with Gasteiger partial charge in [0.1, 0.15) is 6.04 Å². The minimum absolute atomic E-state index is 0.261. The molecule has 0 heterocycles. The van der Waals surface area contributed by atoms with Crippen molar-refractivity contribution >= 4 is 47.3 Å². The Morgan fingerprint density at radius 1 is 1.50 bits per heavy atom. The first-order valence-corrected chi connectivity index (χ1v) is 6.90. The smallest absolute Gasteiger partial charge is 0.327 e. The number of thioether (sulfide) groups is 1. The topological polar surface area (TPSA) is 66.4 Å². The SMILES string of the molecule is O=CNC(CSCc1cccc(Cl)c1Cl)C(=O)O. The van der Waals surface area contributed by atoms with Crippen LogP contribution >= 0.6 is 35.0 Å². The van der Waals surface area contributed by atoms with Gasteiger partial charge in [0.05, 0.1) is 10.0 Å². The Hall–Kier alpha value is -0.910. The summed E-state index contributed by atoms with van der Waals surface area (Å²) >= 11 is 13.2. The van der Waals surface area contributed by atoms with Gasteiger partial charge in [-0.3, -0.25) is 4.79 Å². The number of aliphatic carboxylic acids is 1. The Balaban J connectivity index is 2.52. The molecule has 18 heavy (non-hydrogen) atoms. The van der Waals surface area contributed by atoms with Crippen molar-refractivity contribution in [1.82, 2.24) is 5.32 Å². The summed E-state index contributed by atoms with van der Waals surface area (Å²) < 4.78 is 0. The number of nitrogens with one attached hydrogen (secondary N) is 1. The fourth-order valence-corrected chi connectivity index (χ4v) is 2.74. The van der Waals surface area contributed by atoms with Crippen LogP contribution in [0, 0.1) is 0 Å². The molecule has 1 atom stereocenters. The van der Waals surface area contributed by atoms with Crippen LogP contribution in [-0.2, 0) is 15.3 Å². The molecular weight excluding hydrogens is 297 g/mol. The van der Waals surface area contributed by atoms with Crippen molar-refractivity contribution in [2.75, 3.05) is 5.75 Å². The van der Waals surface area contributed by atoms with E-state index in [-0.39, 0.29) is 5.75 Å². The average molecular weight is 308 g/mol. The molecule has 0 bridgehead atoms. The number of hydrogen-bond donors (Lipinski definition) is 2. The largest absolute Gasteiger partial charge is 0.480 e. The van der Waals surface area contributed by atoms with E-state index in [2.05, 4.69) is 5.32 Å². The molecule has 1 aromatic carbocycles. The molecule has 0 aliphatic carbocycles. The molecule has 0 aliphatic rings. The number of benzene rings is 1. The summed E-state index contributed by atoms with van der Waals surface area (Å²) in [5.74, 6) is -0.271. The van der Waals surface area contributed by atoms with E-state index in [1.165, 1.54) is 11.8 Å². The van der Waals surface area contributed by atoms with Gasteiger partial charge in [-0.05, 0) is 11.6 Å². The van der Waals surface area contributed by atoms with E-state index in [0.717, 1.165) is 5.56 Å². The molecule has 0 aromatic heterocycles. The first-order chi connectivity index (χ1) is 8.56. The van der Waals surface area contributed by atoms with Crippen molar-refractivity contribution in [2.24, 2.45) is 0 Å². The molecule has 0 fully saturated rings. The third kappa shape index (κ3) is 4.40. The van der Waals surface area contributed by atoms with Crippen molar-refractivity contribution in [3.8, 4) is 0 Å². The molecule has 98 valence electrons. The van der Waals surface area contributed by atoms with E-state index in [1.54, 1.807) is 12.1 Å². The highest BCUT2D eigenvalue weighted by Crippen LogP contribution is 2.28. The summed E-state index contributed by atoms with van der Waals surface area (Å²) in [7, 11) is 0. The molecular formula is C11H11Cl2NO3S. The Labute approximate surface area is 119 Å². The van der Waals surface area contributed by atoms with E-state index < -0.39 is 12.0 Å². The van der Waals surface area contributed by atoms with Crippen LogP contribution in [0.15, 0.2) is 18.2 Å². The van der Waals surface area contributed by atoms with Crippen LogP contribution in [0.25, 0.3) is 0 Å². The maximum atomic E-state index is 10.8. The van der Waals surface area contributed by atoms with Crippen molar-refractivity contribution in [3.05, 3.63) is 33.8 Å². The number of carbonyl (C=O) groups is 2. The highest BCUT2D eigenvalue weighted by atomic mass is 35.5. The third-order valence-electron chi connectivity index (χ3n) is 2.14. The van der Waals surface area contributed by atoms with Gasteiger partial charge in [0, 0.05) is 11.5 Å². The van der Waals surface area contributed by atoms with Gasteiger partial charge in [-0.1, -0.05) is 35.3 Å². The molecule has 1 amide bonds. The first kappa shape index (κ1) is 15.1. The normalized spacial score (nSPS) is 11.9. The summed E-state index contributed by atoms with van der Waals surface area (Å²) in [5, 5.41) is 12.0. The molecule has 1 aromatic rings. The quantitative estimate of drug-likeness (QED) is 0.759. The molecule has 1 rings (SSSR count). The fraction of sp³-hybridized carbons (Fsp3) is 0.273. The van der Waals surface area contributed by atoms with Gasteiger partial charge >= 0.3 is 5.97 Å².